The number of methoxy groups -OCH3 is 2. The van der Waals surface area contributed by atoms with Crippen LogP contribution in [0.5, 0.6) is 11.5 Å². The Morgan fingerprint density at radius 2 is 1.75 bits per heavy atom. The number of carbonyl (C=O) groups is 1. The number of hydrogen-bond donors (Lipinski definition) is 2. The molecule has 0 atom stereocenters. The summed E-state index contributed by atoms with van der Waals surface area (Å²) in [4.78, 5) is 12.0. The topological polar surface area (TPSA) is 108 Å². The number of sulfonamides is 1. The van der Waals surface area contributed by atoms with Gasteiger partial charge in [0.05, 0.1) is 19.2 Å². The summed E-state index contributed by atoms with van der Waals surface area (Å²) < 4.78 is 33.2. The highest BCUT2D eigenvalue weighted by Gasteiger charge is 2.17. The van der Waals surface area contributed by atoms with E-state index in [1.807, 2.05) is 0 Å². The van der Waals surface area contributed by atoms with Gasteiger partial charge in [-0.05, 0) is 30.3 Å². The van der Waals surface area contributed by atoms with Crippen molar-refractivity contribution in [3.8, 4) is 11.5 Å². The van der Waals surface area contributed by atoms with Gasteiger partial charge in [-0.1, -0.05) is 11.6 Å². The van der Waals surface area contributed by atoms with Crippen LogP contribution < -0.4 is 19.9 Å². The van der Waals surface area contributed by atoms with Gasteiger partial charge in [-0.25, -0.2) is 13.6 Å². The molecule has 2 rings (SSSR count). The Bertz CT molecular complexity index is 883. The molecule has 2 aromatic carbocycles. The number of primary sulfonamides is 1. The number of carbonyl (C=O) groups excluding carboxylic acids is 1. The summed E-state index contributed by atoms with van der Waals surface area (Å²) >= 11 is 5.80. The summed E-state index contributed by atoms with van der Waals surface area (Å²) in [5, 5.41) is 7.65. The van der Waals surface area contributed by atoms with Crippen LogP contribution in [-0.4, -0.2) is 28.5 Å². The Morgan fingerprint density at radius 3 is 2.33 bits per heavy atom. The molecule has 0 spiro atoms. The van der Waals surface area contributed by atoms with Gasteiger partial charge in [0.25, 0.3) is 5.91 Å². The number of anilines is 1. The molecule has 0 unspecified atom stereocenters. The van der Waals surface area contributed by atoms with Gasteiger partial charge in [-0.15, -0.1) is 0 Å². The Morgan fingerprint density at radius 1 is 1.08 bits per heavy atom. The highest BCUT2D eigenvalue weighted by Crippen LogP contribution is 2.30. The third-order valence-corrected chi connectivity index (χ3v) is 4.53. The molecular weight excluding hydrogens is 356 g/mol. The van der Waals surface area contributed by atoms with Crippen molar-refractivity contribution >= 4 is 33.2 Å². The lowest BCUT2D eigenvalue weighted by atomic mass is 10.2. The Balaban J connectivity index is 2.31. The number of hydrogen-bond acceptors (Lipinski definition) is 5. The monoisotopic (exact) mass is 370 g/mol. The van der Waals surface area contributed by atoms with Crippen LogP contribution in [0.1, 0.15) is 10.4 Å². The third kappa shape index (κ3) is 3.97. The average Bonchev–Trinajstić information content (AvgIpc) is 2.53. The molecule has 7 nitrogen and oxygen atoms in total. The van der Waals surface area contributed by atoms with Crippen LogP contribution >= 0.6 is 11.6 Å². The molecule has 0 saturated heterocycles. The van der Waals surface area contributed by atoms with Gasteiger partial charge in [-0.3, -0.25) is 4.79 Å². The zero-order valence-corrected chi connectivity index (χ0v) is 14.4. The quantitative estimate of drug-likeness (QED) is 0.839. The Labute approximate surface area is 144 Å². The number of nitrogens with one attached hydrogen (secondary N) is 1. The van der Waals surface area contributed by atoms with E-state index >= 15 is 0 Å². The maximum Gasteiger partial charge on any atom is 0.255 e. The summed E-state index contributed by atoms with van der Waals surface area (Å²) in [6.07, 6.45) is 0. The third-order valence-electron chi connectivity index (χ3n) is 3.14. The first-order chi connectivity index (χ1) is 11.3. The predicted molar refractivity (Wildman–Crippen MR) is 90.3 cm³/mol. The SMILES string of the molecule is COc1ccc(NC(=O)c2ccc(Cl)c(S(N)(=O)=O)c2)cc1OC. The van der Waals surface area contributed by atoms with Gasteiger partial charge in [0.1, 0.15) is 4.90 Å². The second kappa shape index (κ2) is 7.08. The highest BCUT2D eigenvalue weighted by molar-refractivity contribution is 7.89. The smallest absolute Gasteiger partial charge is 0.255 e. The molecule has 3 N–H and O–H groups in total. The maximum absolute atomic E-state index is 12.3. The van der Waals surface area contributed by atoms with E-state index in [0.717, 1.165) is 6.07 Å². The Kier molecular flexibility index (Phi) is 5.33. The van der Waals surface area contributed by atoms with Crippen molar-refractivity contribution in [1.29, 1.82) is 0 Å². The normalized spacial score (nSPS) is 11.0. The first kappa shape index (κ1) is 18.1. The molecule has 128 valence electrons. The van der Waals surface area contributed by atoms with E-state index in [0.29, 0.717) is 17.2 Å². The van der Waals surface area contributed by atoms with E-state index in [9.17, 15) is 13.2 Å². The summed E-state index contributed by atoms with van der Waals surface area (Å²) in [6, 6.07) is 8.64. The fraction of sp³-hybridized carbons (Fsp3) is 0.133. The largest absolute Gasteiger partial charge is 0.493 e. The molecule has 0 saturated carbocycles. The molecule has 1 amide bonds. The van der Waals surface area contributed by atoms with Crippen LogP contribution in [-0.2, 0) is 10.0 Å². The van der Waals surface area contributed by atoms with Crippen LogP contribution in [0.3, 0.4) is 0 Å². The lowest BCUT2D eigenvalue weighted by Crippen LogP contribution is -2.16. The van der Waals surface area contributed by atoms with Crippen molar-refractivity contribution in [2.45, 2.75) is 4.90 Å². The molecule has 2 aromatic rings. The fourth-order valence-electron chi connectivity index (χ4n) is 1.98. The average molecular weight is 371 g/mol. The van der Waals surface area contributed by atoms with Gasteiger partial charge in [0, 0.05) is 17.3 Å². The predicted octanol–water partition coefficient (Wildman–Crippen LogP) is 2.26. The molecule has 0 fully saturated rings. The first-order valence-electron chi connectivity index (χ1n) is 6.62. The van der Waals surface area contributed by atoms with Crippen molar-refractivity contribution in [3.63, 3.8) is 0 Å². The van der Waals surface area contributed by atoms with E-state index in [1.165, 1.54) is 26.4 Å². The van der Waals surface area contributed by atoms with Crippen LogP contribution in [0.2, 0.25) is 5.02 Å². The van der Waals surface area contributed by atoms with Crippen molar-refractivity contribution < 1.29 is 22.7 Å². The van der Waals surface area contributed by atoms with Crippen LogP contribution in [0.15, 0.2) is 41.3 Å². The Hall–Kier alpha value is -2.29. The van der Waals surface area contributed by atoms with Crippen molar-refractivity contribution in [3.05, 3.63) is 47.0 Å². The minimum atomic E-state index is -4.03. The summed E-state index contributed by atoms with van der Waals surface area (Å²) in [7, 11) is -1.06. The molecular formula is C15H15ClN2O5S. The molecule has 9 heteroatoms. The van der Waals surface area contributed by atoms with Gasteiger partial charge in [-0.2, -0.15) is 0 Å². The van der Waals surface area contributed by atoms with Gasteiger partial charge in [0.15, 0.2) is 11.5 Å². The number of halogens is 1. The van der Waals surface area contributed by atoms with E-state index in [1.54, 1.807) is 18.2 Å². The molecule has 24 heavy (non-hydrogen) atoms. The van der Waals surface area contributed by atoms with E-state index in [-0.39, 0.29) is 15.5 Å². The van der Waals surface area contributed by atoms with Crippen molar-refractivity contribution in [2.24, 2.45) is 5.14 Å². The minimum Gasteiger partial charge on any atom is -0.493 e. The van der Waals surface area contributed by atoms with Crippen LogP contribution in [0.25, 0.3) is 0 Å². The zero-order chi connectivity index (χ0) is 17.9. The van der Waals surface area contributed by atoms with Crippen LogP contribution in [0, 0.1) is 0 Å². The summed E-state index contributed by atoms with van der Waals surface area (Å²) in [5.74, 6) is 0.430. The van der Waals surface area contributed by atoms with E-state index < -0.39 is 15.9 Å². The summed E-state index contributed by atoms with van der Waals surface area (Å²) in [5.41, 5.74) is 0.544. The molecule has 0 aliphatic heterocycles. The number of ether oxygens (including phenoxy) is 2. The second-order valence-corrected chi connectivity index (χ2v) is 6.65. The number of rotatable bonds is 5. The lowest BCUT2D eigenvalue weighted by molar-refractivity contribution is 0.102. The molecule has 0 radical (unpaired) electrons. The molecule has 0 bridgehead atoms. The fourth-order valence-corrected chi connectivity index (χ4v) is 3.05. The first-order valence-corrected chi connectivity index (χ1v) is 8.54. The molecule has 0 aliphatic carbocycles. The van der Waals surface area contributed by atoms with Gasteiger partial charge < -0.3 is 14.8 Å². The van der Waals surface area contributed by atoms with Crippen molar-refractivity contribution in [2.75, 3.05) is 19.5 Å². The molecule has 0 aliphatic rings. The van der Waals surface area contributed by atoms with E-state index in [4.69, 9.17) is 26.2 Å². The number of benzene rings is 2. The second-order valence-electron chi connectivity index (χ2n) is 4.71. The van der Waals surface area contributed by atoms with Crippen LogP contribution in [0.4, 0.5) is 5.69 Å². The zero-order valence-electron chi connectivity index (χ0n) is 12.9. The summed E-state index contributed by atoms with van der Waals surface area (Å²) in [6.45, 7) is 0. The highest BCUT2D eigenvalue weighted by atomic mass is 35.5. The van der Waals surface area contributed by atoms with Gasteiger partial charge >= 0.3 is 0 Å². The molecule has 0 heterocycles. The maximum atomic E-state index is 12.3. The minimum absolute atomic E-state index is 0.0554. The number of amides is 1. The van der Waals surface area contributed by atoms with Gasteiger partial charge in [0.2, 0.25) is 10.0 Å². The van der Waals surface area contributed by atoms with E-state index in [2.05, 4.69) is 5.32 Å². The lowest BCUT2D eigenvalue weighted by Gasteiger charge is -2.11. The number of nitrogens with two attached hydrogens (primary N) is 1. The van der Waals surface area contributed by atoms with Crippen molar-refractivity contribution in [1.82, 2.24) is 0 Å². The standard InChI is InChI=1S/C15H15ClN2O5S/c1-22-12-6-4-10(8-13(12)23-2)18-15(19)9-3-5-11(16)14(7-9)24(17,20)21/h3-8H,1-2H3,(H,18,19)(H2,17,20,21). The molecule has 0 aromatic heterocycles.